The summed E-state index contributed by atoms with van der Waals surface area (Å²) in [6, 6.07) is 27.6. The molecule has 0 unspecified atom stereocenters. The largest absolute Gasteiger partial charge is 0.462 e. The Labute approximate surface area is 187 Å². The van der Waals surface area contributed by atoms with Crippen LogP contribution in [0.3, 0.4) is 0 Å². The third kappa shape index (κ3) is 4.83. The Balaban J connectivity index is 1.99. The van der Waals surface area contributed by atoms with Gasteiger partial charge in [-0.3, -0.25) is 4.79 Å². The van der Waals surface area contributed by atoms with Gasteiger partial charge in [0.15, 0.2) is 0 Å². The van der Waals surface area contributed by atoms with Crippen LogP contribution in [-0.2, 0) is 29.3 Å². The average molecular weight is 428 g/mol. The fraction of sp³-hybridized carbons (Fsp3) is 0.148. The van der Waals surface area contributed by atoms with E-state index >= 15 is 0 Å². The molecule has 3 aromatic rings. The van der Waals surface area contributed by atoms with Crippen LogP contribution < -0.4 is 0 Å². The lowest BCUT2D eigenvalue weighted by Gasteiger charge is -2.33. The maximum atomic E-state index is 13.7. The van der Waals surface area contributed by atoms with E-state index in [-0.39, 0.29) is 18.6 Å². The number of benzene rings is 3. The summed E-state index contributed by atoms with van der Waals surface area (Å²) in [5, 5.41) is 0. The van der Waals surface area contributed by atoms with Crippen molar-refractivity contribution in [2.45, 2.75) is 18.8 Å². The number of carbonyl (C=O) groups excluding carboxylic acids is 3. The number of carbonyl (C=O) groups is 3. The van der Waals surface area contributed by atoms with Gasteiger partial charge in [0.25, 0.3) is 0 Å². The molecule has 32 heavy (non-hydrogen) atoms. The molecule has 3 aromatic carbocycles. The smallest absolute Gasteiger partial charge is 0.333 e. The van der Waals surface area contributed by atoms with E-state index in [2.05, 4.69) is 6.58 Å². The summed E-state index contributed by atoms with van der Waals surface area (Å²) in [5.74, 6) is -2.11. The second-order valence-corrected chi connectivity index (χ2v) is 7.28. The number of ether oxygens (including phenoxy) is 2. The van der Waals surface area contributed by atoms with Crippen molar-refractivity contribution in [2.24, 2.45) is 0 Å². The highest BCUT2D eigenvalue weighted by atomic mass is 16.6. The number of esters is 3. The van der Waals surface area contributed by atoms with Gasteiger partial charge < -0.3 is 9.47 Å². The molecule has 0 saturated carbocycles. The molecule has 0 radical (unpaired) electrons. The molecular weight excluding hydrogens is 404 g/mol. The first-order chi connectivity index (χ1) is 15.5. The molecule has 0 aliphatic rings. The van der Waals surface area contributed by atoms with Crippen LogP contribution in [0.2, 0.25) is 0 Å². The summed E-state index contributed by atoms with van der Waals surface area (Å²) in [4.78, 5) is 37.7. The van der Waals surface area contributed by atoms with Gasteiger partial charge in [-0.1, -0.05) is 97.6 Å². The predicted octanol–water partition coefficient (Wildman–Crippen LogP) is 4.60. The minimum Gasteiger partial charge on any atom is -0.462 e. The summed E-state index contributed by atoms with van der Waals surface area (Å²) in [7, 11) is 0. The van der Waals surface area contributed by atoms with Crippen molar-refractivity contribution in [3.8, 4) is 0 Å². The normalized spacial score (nSPS) is 10.8. The topological polar surface area (TPSA) is 69.7 Å². The van der Waals surface area contributed by atoms with Gasteiger partial charge in [0.05, 0.1) is 6.42 Å². The second kappa shape index (κ2) is 10.4. The Morgan fingerprint density at radius 1 is 0.750 bits per heavy atom. The van der Waals surface area contributed by atoms with Gasteiger partial charge >= 0.3 is 17.9 Å². The molecule has 0 amide bonds. The lowest BCUT2D eigenvalue weighted by Crippen LogP contribution is -2.41. The number of hydrogen-bond acceptors (Lipinski definition) is 5. The van der Waals surface area contributed by atoms with Gasteiger partial charge in [-0.2, -0.15) is 0 Å². The summed E-state index contributed by atoms with van der Waals surface area (Å²) in [6.45, 7) is 4.80. The van der Waals surface area contributed by atoms with Crippen LogP contribution in [0.4, 0.5) is 0 Å². The molecule has 0 spiro atoms. The molecule has 0 bridgehead atoms. The Hall–Kier alpha value is -3.99. The van der Waals surface area contributed by atoms with Crippen molar-refractivity contribution in [3.05, 3.63) is 120 Å². The van der Waals surface area contributed by atoms with Crippen LogP contribution in [0.25, 0.3) is 0 Å². The maximum Gasteiger partial charge on any atom is 0.333 e. The zero-order valence-electron chi connectivity index (χ0n) is 17.8. The Morgan fingerprint density at radius 3 is 1.53 bits per heavy atom. The molecular formula is C27H24O5. The third-order valence-corrected chi connectivity index (χ3v) is 5.02. The van der Waals surface area contributed by atoms with E-state index in [1.165, 1.54) is 6.92 Å². The van der Waals surface area contributed by atoms with Gasteiger partial charge in [-0.05, 0) is 23.6 Å². The first-order valence-corrected chi connectivity index (χ1v) is 10.2. The zero-order chi connectivity index (χ0) is 23.0. The standard InChI is InChI=1S/C27H24O5/c1-20(2)25(29)31-19-18-24(28)32-26(30)27(21-12-6-3-7-13-21,22-14-8-4-9-15-22)23-16-10-5-11-17-23/h3-17H,1,18-19H2,2H3. The van der Waals surface area contributed by atoms with Gasteiger partial charge in [-0.15, -0.1) is 0 Å². The number of rotatable bonds is 8. The summed E-state index contributed by atoms with van der Waals surface area (Å²) in [6.07, 6.45) is -0.251. The van der Waals surface area contributed by atoms with Crippen molar-refractivity contribution in [3.63, 3.8) is 0 Å². The molecule has 5 nitrogen and oxygen atoms in total. The monoisotopic (exact) mass is 428 g/mol. The molecule has 0 aliphatic heterocycles. The van der Waals surface area contributed by atoms with Crippen LogP contribution in [0.1, 0.15) is 30.0 Å². The second-order valence-electron chi connectivity index (χ2n) is 7.28. The molecule has 162 valence electrons. The first kappa shape index (κ1) is 22.7. The highest BCUT2D eigenvalue weighted by Gasteiger charge is 2.46. The van der Waals surface area contributed by atoms with E-state index in [1.54, 1.807) is 0 Å². The summed E-state index contributed by atoms with van der Waals surface area (Å²) in [5.41, 5.74) is 0.885. The van der Waals surface area contributed by atoms with E-state index in [0.717, 1.165) is 0 Å². The minimum absolute atomic E-state index is 0.202. The Kier molecular flexibility index (Phi) is 7.34. The van der Waals surface area contributed by atoms with Crippen LogP contribution in [-0.4, -0.2) is 24.5 Å². The molecule has 0 N–H and O–H groups in total. The molecule has 0 atom stereocenters. The van der Waals surface area contributed by atoms with E-state index in [9.17, 15) is 14.4 Å². The van der Waals surface area contributed by atoms with E-state index in [4.69, 9.17) is 9.47 Å². The Bertz CT molecular complexity index is 992. The van der Waals surface area contributed by atoms with E-state index in [1.807, 2.05) is 91.0 Å². The van der Waals surface area contributed by atoms with Crippen molar-refractivity contribution < 1.29 is 23.9 Å². The van der Waals surface area contributed by atoms with Crippen LogP contribution in [0.15, 0.2) is 103 Å². The number of hydrogen-bond donors (Lipinski definition) is 0. The summed E-state index contributed by atoms with van der Waals surface area (Å²) < 4.78 is 10.3. The molecule has 0 aliphatic carbocycles. The van der Waals surface area contributed by atoms with E-state index in [0.29, 0.717) is 16.7 Å². The SMILES string of the molecule is C=C(C)C(=O)OCCC(=O)OC(=O)C(c1ccccc1)(c1ccccc1)c1ccccc1. The first-order valence-electron chi connectivity index (χ1n) is 10.2. The fourth-order valence-corrected chi connectivity index (χ4v) is 3.50. The van der Waals surface area contributed by atoms with Gasteiger partial charge in [0.2, 0.25) is 0 Å². The van der Waals surface area contributed by atoms with Crippen molar-refractivity contribution in [2.75, 3.05) is 6.61 Å². The molecule has 0 saturated heterocycles. The summed E-state index contributed by atoms with van der Waals surface area (Å²) >= 11 is 0. The molecule has 0 fully saturated rings. The molecule has 0 heterocycles. The highest BCUT2D eigenvalue weighted by molar-refractivity contribution is 5.98. The van der Waals surface area contributed by atoms with Crippen molar-refractivity contribution >= 4 is 17.9 Å². The highest BCUT2D eigenvalue weighted by Crippen LogP contribution is 2.40. The minimum atomic E-state index is -1.35. The van der Waals surface area contributed by atoms with Crippen molar-refractivity contribution in [1.29, 1.82) is 0 Å². The fourth-order valence-electron chi connectivity index (χ4n) is 3.50. The average Bonchev–Trinajstić information content (AvgIpc) is 2.81. The quantitative estimate of drug-likeness (QED) is 0.227. The lowest BCUT2D eigenvalue weighted by atomic mass is 9.69. The molecule has 5 heteroatoms. The van der Waals surface area contributed by atoms with Gasteiger partial charge in [0, 0.05) is 5.57 Å². The van der Waals surface area contributed by atoms with Crippen LogP contribution in [0, 0.1) is 0 Å². The predicted molar refractivity (Wildman–Crippen MR) is 121 cm³/mol. The van der Waals surface area contributed by atoms with Gasteiger partial charge in [0.1, 0.15) is 12.0 Å². The van der Waals surface area contributed by atoms with Crippen molar-refractivity contribution in [1.82, 2.24) is 0 Å². The van der Waals surface area contributed by atoms with E-state index < -0.39 is 23.3 Å². The van der Waals surface area contributed by atoms with Crippen LogP contribution in [0.5, 0.6) is 0 Å². The van der Waals surface area contributed by atoms with Crippen LogP contribution >= 0.6 is 0 Å². The Morgan fingerprint density at radius 2 is 1.16 bits per heavy atom. The van der Waals surface area contributed by atoms with Gasteiger partial charge in [-0.25, -0.2) is 9.59 Å². The third-order valence-electron chi connectivity index (χ3n) is 5.02. The molecule has 3 rings (SSSR count). The lowest BCUT2D eigenvalue weighted by molar-refractivity contribution is -0.162. The molecule has 0 aromatic heterocycles. The zero-order valence-corrected chi connectivity index (χ0v) is 17.8. The maximum absolute atomic E-state index is 13.7.